The molecule has 8 nitrogen and oxygen atoms in total. The van der Waals surface area contributed by atoms with Crippen LogP contribution in [0.25, 0.3) is 0 Å². The lowest BCUT2D eigenvalue weighted by Gasteiger charge is -2.26. The van der Waals surface area contributed by atoms with Crippen LogP contribution in [0.5, 0.6) is 0 Å². The van der Waals surface area contributed by atoms with Gasteiger partial charge in [0.2, 0.25) is 5.91 Å². The first-order chi connectivity index (χ1) is 33.0. The zero-order valence-corrected chi connectivity index (χ0v) is 46.0. The molecule has 0 heterocycles. The minimum absolute atomic E-state index is 0.0659. The van der Waals surface area contributed by atoms with E-state index in [0.29, 0.717) is 23.9 Å². The molecule has 68 heavy (non-hydrogen) atoms. The molecule has 0 spiro atoms. The number of hydrogen-bond donors (Lipinski definition) is 3. The van der Waals surface area contributed by atoms with Gasteiger partial charge in [-0.25, -0.2) is 4.57 Å². The minimum atomic E-state index is -4.34. The zero-order valence-electron chi connectivity index (χ0n) is 45.1. The average molecular weight is 975 g/mol. The van der Waals surface area contributed by atoms with Crippen molar-refractivity contribution in [3.8, 4) is 0 Å². The second-order valence-electron chi connectivity index (χ2n) is 20.3. The first kappa shape index (κ1) is 65.9. The predicted molar refractivity (Wildman–Crippen MR) is 295 cm³/mol. The van der Waals surface area contributed by atoms with Crippen LogP contribution in [0.3, 0.4) is 0 Å². The fourth-order valence-corrected chi connectivity index (χ4v) is 8.79. The number of likely N-dealkylation sites (N-methyl/N-ethyl adjacent to an activating group) is 1. The second-order valence-corrected chi connectivity index (χ2v) is 21.7. The molecule has 0 aliphatic rings. The van der Waals surface area contributed by atoms with E-state index in [-0.39, 0.29) is 19.1 Å². The number of amides is 1. The minimum Gasteiger partial charge on any atom is -0.391 e. The van der Waals surface area contributed by atoms with Crippen molar-refractivity contribution in [3.05, 3.63) is 72.9 Å². The van der Waals surface area contributed by atoms with E-state index in [1.807, 2.05) is 21.1 Å². The Labute approximate surface area is 421 Å². The summed E-state index contributed by atoms with van der Waals surface area (Å²) in [6, 6.07) is -0.780. The molecule has 396 valence electrons. The number of unbranched alkanes of at least 4 members (excludes halogenated alkanes) is 26. The Bertz CT molecular complexity index is 1330. The first-order valence-corrected chi connectivity index (χ1v) is 29.8. The molecule has 0 fully saturated rings. The molecule has 3 atom stereocenters. The maximum Gasteiger partial charge on any atom is 0.472 e. The SMILES string of the molecule is CC/C=C\C/C=C\C/C=C\C/C=C\C/C=C\C/C=C\CCCCCCC(=O)NC(COP(=O)(O)OCC[N+](C)(C)C)C(O)CCCCCCCCCCCCCCCCCCCCCCCCC. The van der Waals surface area contributed by atoms with Crippen LogP contribution in [0.4, 0.5) is 0 Å². The van der Waals surface area contributed by atoms with Gasteiger partial charge in [0.1, 0.15) is 13.2 Å². The van der Waals surface area contributed by atoms with Crippen molar-refractivity contribution in [2.75, 3.05) is 40.9 Å². The highest BCUT2D eigenvalue weighted by Gasteiger charge is 2.28. The number of nitrogens with zero attached hydrogens (tertiary/aromatic N) is 1. The number of phosphoric acid groups is 1. The maximum absolute atomic E-state index is 13.0. The Kier molecular flexibility index (Phi) is 48.4. The van der Waals surface area contributed by atoms with E-state index < -0.39 is 20.0 Å². The van der Waals surface area contributed by atoms with Crippen molar-refractivity contribution >= 4 is 13.7 Å². The summed E-state index contributed by atoms with van der Waals surface area (Å²) < 4.78 is 23.8. The van der Waals surface area contributed by atoms with E-state index in [4.69, 9.17) is 9.05 Å². The number of rotatable bonds is 51. The lowest BCUT2D eigenvalue weighted by atomic mass is 10.0. The number of hydrogen-bond acceptors (Lipinski definition) is 5. The van der Waals surface area contributed by atoms with Gasteiger partial charge in [0.25, 0.3) is 0 Å². The van der Waals surface area contributed by atoms with E-state index in [2.05, 4.69) is 92.1 Å². The largest absolute Gasteiger partial charge is 0.472 e. The third-order valence-electron chi connectivity index (χ3n) is 12.5. The Morgan fingerprint density at radius 1 is 0.515 bits per heavy atom. The average Bonchev–Trinajstić information content (AvgIpc) is 3.30. The molecule has 0 aliphatic carbocycles. The van der Waals surface area contributed by atoms with Gasteiger partial charge in [0, 0.05) is 6.42 Å². The Morgan fingerprint density at radius 2 is 0.882 bits per heavy atom. The van der Waals surface area contributed by atoms with E-state index in [1.54, 1.807) is 0 Å². The van der Waals surface area contributed by atoms with Gasteiger partial charge in [-0.3, -0.25) is 13.8 Å². The number of quaternary nitrogens is 1. The summed E-state index contributed by atoms with van der Waals surface area (Å²) in [7, 11) is 1.59. The van der Waals surface area contributed by atoms with E-state index >= 15 is 0 Å². The van der Waals surface area contributed by atoms with Gasteiger partial charge < -0.3 is 19.8 Å². The maximum atomic E-state index is 13.0. The van der Waals surface area contributed by atoms with Crippen LogP contribution in [-0.4, -0.2) is 73.4 Å². The van der Waals surface area contributed by atoms with Crippen molar-refractivity contribution in [2.45, 2.75) is 257 Å². The van der Waals surface area contributed by atoms with Crippen LogP contribution in [-0.2, 0) is 18.4 Å². The van der Waals surface area contributed by atoms with Crippen molar-refractivity contribution in [1.82, 2.24) is 5.32 Å². The highest BCUT2D eigenvalue weighted by atomic mass is 31.2. The number of nitrogens with one attached hydrogen (secondary N) is 1. The molecule has 0 bridgehead atoms. The molecule has 0 aromatic heterocycles. The van der Waals surface area contributed by atoms with Crippen LogP contribution < -0.4 is 5.32 Å². The molecule has 0 saturated heterocycles. The molecule has 0 aromatic rings. The van der Waals surface area contributed by atoms with Crippen molar-refractivity contribution < 1.29 is 32.9 Å². The van der Waals surface area contributed by atoms with Crippen LogP contribution in [0.15, 0.2) is 72.9 Å². The van der Waals surface area contributed by atoms with Gasteiger partial charge in [-0.2, -0.15) is 0 Å². The van der Waals surface area contributed by atoms with Crippen LogP contribution >= 0.6 is 7.82 Å². The summed E-state index contributed by atoms with van der Waals surface area (Å²) in [5, 5.41) is 14.1. The molecule has 0 aliphatic heterocycles. The lowest BCUT2D eigenvalue weighted by molar-refractivity contribution is -0.870. The monoisotopic (exact) mass is 974 g/mol. The quantitative estimate of drug-likeness (QED) is 0.0243. The highest BCUT2D eigenvalue weighted by Crippen LogP contribution is 2.43. The second kappa shape index (κ2) is 49.9. The standard InChI is InChI=1S/C59H109N2O6P/c1-6-8-10-12-14-16-18-20-22-24-26-28-30-32-34-36-38-40-42-44-46-48-50-52-58(62)57(56-67-68(64,65)66-55-54-61(3,4)5)60-59(63)53-51-49-47-45-43-41-39-37-35-33-31-29-27-25-23-21-19-17-15-13-11-9-7-2/h9,11,15,17,21,23,27,29,33,35,39,41,57-58,62H,6-8,10,12-14,16,18-20,22,24-26,28,30-32,34,36-38,40,42-56H2,1-5H3,(H-,60,63,64,65)/p+1/b11-9-,17-15-,23-21-,29-27-,35-33-,41-39-. The van der Waals surface area contributed by atoms with Gasteiger partial charge in [0.15, 0.2) is 0 Å². The van der Waals surface area contributed by atoms with Crippen LogP contribution in [0.2, 0.25) is 0 Å². The molecule has 1 amide bonds. The van der Waals surface area contributed by atoms with Gasteiger partial charge in [0.05, 0.1) is 39.9 Å². The van der Waals surface area contributed by atoms with E-state index in [0.717, 1.165) is 89.9 Å². The number of carbonyl (C=O) groups excluding carboxylic acids is 1. The summed E-state index contributed by atoms with van der Waals surface area (Å²) in [5.74, 6) is -0.169. The normalized spacial score (nSPS) is 14.5. The Hall–Kier alpha value is -2.06. The molecule has 3 unspecified atom stereocenters. The van der Waals surface area contributed by atoms with Gasteiger partial charge in [-0.05, 0) is 64.2 Å². The van der Waals surface area contributed by atoms with E-state index in [1.165, 1.54) is 128 Å². The fraction of sp³-hybridized carbons (Fsp3) is 0.780. The van der Waals surface area contributed by atoms with Crippen LogP contribution in [0, 0.1) is 0 Å². The summed E-state index contributed by atoms with van der Waals surface area (Å²) in [4.78, 5) is 23.3. The Morgan fingerprint density at radius 3 is 1.29 bits per heavy atom. The number of phosphoric ester groups is 1. The smallest absolute Gasteiger partial charge is 0.391 e. The molecule has 3 N–H and O–H groups in total. The lowest BCUT2D eigenvalue weighted by Crippen LogP contribution is -2.46. The summed E-state index contributed by atoms with van der Waals surface area (Å²) >= 11 is 0. The number of allylic oxidation sites excluding steroid dienone is 12. The predicted octanol–water partition coefficient (Wildman–Crippen LogP) is 17.1. The zero-order chi connectivity index (χ0) is 49.9. The van der Waals surface area contributed by atoms with E-state index in [9.17, 15) is 19.4 Å². The third kappa shape index (κ3) is 51.8. The van der Waals surface area contributed by atoms with Crippen molar-refractivity contribution in [3.63, 3.8) is 0 Å². The molecule has 0 radical (unpaired) electrons. The molecule has 0 aromatic carbocycles. The molecule has 0 saturated carbocycles. The molecular formula is C59H110N2O6P+. The summed E-state index contributed by atoms with van der Waals surface area (Å²) in [5.41, 5.74) is 0. The number of aliphatic hydroxyl groups excluding tert-OH is 1. The molecular weight excluding hydrogens is 864 g/mol. The third-order valence-corrected chi connectivity index (χ3v) is 13.5. The topological polar surface area (TPSA) is 105 Å². The number of aliphatic hydroxyl groups is 1. The van der Waals surface area contributed by atoms with Gasteiger partial charge >= 0.3 is 7.82 Å². The van der Waals surface area contributed by atoms with Gasteiger partial charge in [-0.15, -0.1) is 0 Å². The molecule has 9 heteroatoms. The summed E-state index contributed by atoms with van der Waals surface area (Å²) in [6.45, 7) is 4.77. The molecule has 0 rings (SSSR count). The van der Waals surface area contributed by atoms with Gasteiger partial charge in [-0.1, -0.05) is 247 Å². The highest BCUT2D eigenvalue weighted by molar-refractivity contribution is 7.47. The van der Waals surface area contributed by atoms with Crippen molar-refractivity contribution in [1.29, 1.82) is 0 Å². The first-order valence-electron chi connectivity index (χ1n) is 28.3. The fourth-order valence-electron chi connectivity index (χ4n) is 8.05. The van der Waals surface area contributed by atoms with Crippen LogP contribution in [0.1, 0.15) is 245 Å². The van der Waals surface area contributed by atoms with Crippen molar-refractivity contribution in [2.24, 2.45) is 0 Å². The summed E-state index contributed by atoms with van der Waals surface area (Å²) in [6.07, 6.45) is 68.1. The Balaban J connectivity index is 4.27. The number of carbonyl (C=O) groups is 1.